The second kappa shape index (κ2) is 6.64. The molecule has 3 heteroatoms. The van der Waals surface area contributed by atoms with Crippen molar-refractivity contribution in [1.82, 2.24) is 9.80 Å². The van der Waals surface area contributed by atoms with Gasteiger partial charge in [-0.1, -0.05) is 32.9 Å². The second-order valence-electron chi connectivity index (χ2n) is 8.09. The Kier molecular flexibility index (Phi) is 4.77. The Hall–Kier alpha value is -1.35. The summed E-state index contributed by atoms with van der Waals surface area (Å²) in [4.78, 5) is 17.4. The molecule has 2 fully saturated rings. The molecule has 0 spiro atoms. The predicted octanol–water partition coefficient (Wildman–Crippen LogP) is 3.68. The van der Waals surface area contributed by atoms with Gasteiger partial charge in [0, 0.05) is 24.7 Å². The number of hydrogen-bond acceptors (Lipinski definition) is 2. The largest absolute Gasteiger partial charge is 0.339 e. The molecule has 2 heterocycles. The highest BCUT2D eigenvalue weighted by Crippen LogP contribution is 2.24. The molecule has 3 nitrogen and oxygen atoms in total. The van der Waals surface area contributed by atoms with Crippen molar-refractivity contribution in [2.45, 2.75) is 57.9 Å². The van der Waals surface area contributed by atoms with Crippen molar-refractivity contribution in [3.63, 3.8) is 0 Å². The summed E-state index contributed by atoms with van der Waals surface area (Å²) >= 11 is 0. The lowest BCUT2D eigenvalue weighted by atomic mass is 9.86. The van der Waals surface area contributed by atoms with E-state index in [1.807, 2.05) is 17.0 Å². The van der Waals surface area contributed by atoms with E-state index < -0.39 is 0 Å². The lowest BCUT2D eigenvalue weighted by Gasteiger charge is -2.36. The average Bonchev–Trinajstić information content (AvgIpc) is 3.08. The minimum Gasteiger partial charge on any atom is -0.339 e. The zero-order valence-electron chi connectivity index (χ0n) is 14.8. The van der Waals surface area contributed by atoms with Crippen molar-refractivity contribution in [2.24, 2.45) is 0 Å². The Morgan fingerprint density at radius 2 is 1.52 bits per heavy atom. The third kappa shape index (κ3) is 3.77. The van der Waals surface area contributed by atoms with E-state index in [4.69, 9.17) is 0 Å². The highest BCUT2D eigenvalue weighted by molar-refractivity contribution is 5.94. The summed E-state index contributed by atoms with van der Waals surface area (Å²) in [5, 5.41) is 0. The Labute approximate surface area is 140 Å². The zero-order valence-corrected chi connectivity index (χ0v) is 14.8. The SMILES string of the molecule is CC(C)(C)c1ccc(C(=O)N2CCC(N3CCCC3)CC2)cc1. The minimum absolute atomic E-state index is 0.135. The zero-order chi connectivity index (χ0) is 16.4. The minimum atomic E-state index is 0.135. The van der Waals surface area contributed by atoms with Gasteiger partial charge in [-0.05, 0) is 61.9 Å². The summed E-state index contributed by atoms with van der Waals surface area (Å²) in [6, 6.07) is 8.89. The number of piperidine rings is 1. The number of likely N-dealkylation sites (tertiary alicyclic amines) is 2. The number of amides is 1. The Bertz CT molecular complexity index is 530. The number of rotatable bonds is 2. The van der Waals surface area contributed by atoms with Gasteiger partial charge in [0.1, 0.15) is 0 Å². The van der Waals surface area contributed by atoms with Crippen LogP contribution < -0.4 is 0 Å². The van der Waals surface area contributed by atoms with E-state index in [0.717, 1.165) is 31.5 Å². The van der Waals surface area contributed by atoms with Gasteiger partial charge >= 0.3 is 0 Å². The summed E-state index contributed by atoms with van der Waals surface area (Å²) in [5.41, 5.74) is 2.25. The maximum absolute atomic E-state index is 12.7. The van der Waals surface area contributed by atoms with Gasteiger partial charge < -0.3 is 9.80 Å². The molecule has 0 bridgehead atoms. The van der Waals surface area contributed by atoms with Crippen molar-refractivity contribution in [3.8, 4) is 0 Å². The van der Waals surface area contributed by atoms with Crippen LogP contribution in [0.1, 0.15) is 62.4 Å². The molecule has 3 rings (SSSR count). The molecular formula is C20H30N2O. The van der Waals surface area contributed by atoms with Gasteiger partial charge in [-0.2, -0.15) is 0 Å². The average molecular weight is 314 g/mol. The van der Waals surface area contributed by atoms with Gasteiger partial charge in [0.05, 0.1) is 0 Å². The number of nitrogens with zero attached hydrogens (tertiary/aromatic N) is 2. The van der Waals surface area contributed by atoms with E-state index in [1.165, 1.54) is 31.5 Å². The number of benzene rings is 1. The van der Waals surface area contributed by atoms with E-state index in [9.17, 15) is 4.79 Å². The molecule has 0 radical (unpaired) electrons. The molecule has 2 saturated heterocycles. The molecule has 23 heavy (non-hydrogen) atoms. The highest BCUT2D eigenvalue weighted by Gasteiger charge is 2.28. The van der Waals surface area contributed by atoms with Gasteiger partial charge in [-0.3, -0.25) is 4.79 Å². The molecule has 1 amide bonds. The van der Waals surface area contributed by atoms with E-state index >= 15 is 0 Å². The van der Waals surface area contributed by atoms with Gasteiger partial charge in [0.2, 0.25) is 0 Å². The maximum Gasteiger partial charge on any atom is 0.253 e. The predicted molar refractivity (Wildman–Crippen MR) is 94.9 cm³/mol. The quantitative estimate of drug-likeness (QED) is 0.831. The standard InChI is InChI=1S/C20H30N2O/c1-20(2,3)17-8-6-16(7-9-17)19(23)22-14-10-18(11-15-22)21-12-4-5-13-21/h6-9,18H,4-5,10-15H2,1-3H3. The van der Waals surface area contributed by atoms with Gasteiger partial charge in [-0.25, -0.2) is 0 Å². The lowest BCUT2D eigenvalue weighted by Crippen LogP contribution is -2.45. The van der Waals surface area contributed by atoms with Crippen molar-refractivity contribution >= 4 is 5.91 Å². The molecule has 0 saturated carbocycles. The van der Waals surface area contributed by atoms with Gasteiger partial charge in [0.15, 0.2) is 0 Å². The molecule has 1 aromatic rings. The molecule has 1 aromatic carbocycles. The van der Waals surface area contributed by atoms with Crippen LogP contribution in [0, 0.1) is 0 Å². The van der Waals surface area contributed by atoms with Crippen molar-refractivity contribution in [2.75, 3.05) is 26.2 Å². The molecule has 0 N–H and O–H groups in total. The first kappa shape index (κ1) is 16.5. The highest BCUT2D eigenvalue weighted by atomic mass is 16.2. The van der Waals surface area contributed by atoms with Gasteiger partial charge in [0.25, 0.3) is 5.91 Å². The van der Waals surface area contributed by atoms with E-state index in [1.54, 1.807) is 0 Å². The monoisotopic (exact) mass is 314 g/mol. The van der Waals surface area contributed by atoms with E-state index in [2.05, 4.69) is 37.8 Å². The number of carbonyl (C=O) groups is 1. The third-order valence-electron chi connectivity index (χ3n) is 5.41. The molecule has 2 aliphatic rings. The fourth-order valence-corrected chi connectivity index (χ4v) is 3.84. The first-order valence-corrected chi connectivity index (χ1v) is 9.09. The second-order valence-corrected chi connectivity index (χ2v) is 8.09. The van der Waals surface area contributed by atoms with Crippen LogP contribution in [0.25, 0.3) is 0 Å². The summed E-state index contributed by atoms with van der Waals surface area (Å²) < 4.78 is 0. The Balaban J connectivity index is 1.58. The Morgan fingerprint density at radius 1 is 0.957 bits per heavy atom. The van der Waals surface area contributed by atoms with Crippen LogP contribution in [0.2, 0.25) is 0 Å². The molecule has 0 aromatic heterocycles. The topological polar surface area (TPSA) is 23.6 Å². The first-order valence-electron chi connectivity index (χ1n) is 9.09. The van der Waals surface area contributed by atoms with E-state index in [-0.39, 0.29) is 11.3 Å². The maximum atomic E-state index is 12.7. The van der Waals surface area contributed by atoms with Crippen molar-refractivity contribution < 1.29 is 4.79 Å². The van der Waals surface area contributed by atoms with Crippen LogP contribution in [0.3, 0.4) is 0 Å². The number of hydrogen-bond donors (Lipinski definition) is 0. The van der Waals surface area contributed by atoms with Crippen LogP contribution in [0.15, 0.2) is 24.3 Å². The molecule has 0 aliphatic carbocycles. The van der Waals surface area contributed by atoms with Crippen molar-refractivity contribution in [3.05, 3.63) is 35.4 Å². The van der Waals surface area contributed by atoms with Crippen LogP contribution in [-0.4, -0.2) is 47.9 Å². The normalized spacial score (nSPS) is 20.9. The molecular weight excluding hydrogens is 284 g/mol. The van der Waals surface area contributed by atoms with Crippen LogP contribution in [0.5, 0.6) is 0 Å². The number of carbonyl (C=O) groups excluding carboxylic acids is 1. The van der Waals surface area contributed by atoms with Crippen LogP contribution in [0.4, 0.5) is 0 Å². The summed E-state index contributed by atoms with van der Waals surface area (Å²) in [6.07, 6.45) is 4.95. The molecule has 0 unspecified atom stereocenters. The van der Waals surface area contributed by atoms with E-state index in [0.29, 0.717) is 6.04 Å². The fraction of sp³-hybridized carbons (Fsp3) is 0.650. The van der Waals surface area contributed by atoms with Gasteiger partial charge in [-0.15, -0.1) is 0 Å². The fourth-order valence-electron chi connectivity index (χ4n) is 3.84. The lowest BCUT2D eigenvalue weighted by molar-refractivity contribution is 0.0644. The Morgan fingerprint density at radius 3 is 2.04 bits per heavy atom. The van der Waals surface area contributed by atoms with Crippen molar-refractivity contribution in [1.29, 1.82) is 0 Å². The third-order valence-corrected chi connectivity index (χ3v) is 5.41. The molecule has 0 atom stereocenters. The van der Waals surface area contributed by atoms with Crippen LogP contribution >= 0.6 is 0 Å². The molecule has 126 valence electrons. The first-order chi connectivity index (χ1) is 10.9. The van der Waals surface area contributed by atoms with Crippen LogP contribution in [-0.2, 0) is 5.41 Å². The summed E-state index contributed by atoms with van der Waals surface area (Å²) in [5.74, 6) is 0.199. The molecule has 2 aliphatic heterocycles. The smallest absolute Gasteiger partial charge is 0.253 e. The summed E-state index contributed by atoms with van der Waals surface area (Å²) in [6.45, 7) is 10.9. The summed E-state index contributed by atoms with van der Waals surface area (Å²) in [7, 11) is 0.